The zero-order valence-corrected chi connectivity index (χ0v) is 12.2. The second-order valence-electron chi connectivity index (χ2n) is 4.72. The van der Waals surface area contributed by atoms with E-state index in [2.05, 4.69) is 67.6 Å². The van der Waals surface area contributed by atoms with Crippen molar-refractivity contribution in [1.29, 1.82) is 0 Å². The fourth-order valence-electron chi connectivity index (χ4n) is 2.02. The first kappa shape index (κ1) is 13.0. The van der Waals surface area contributed by atoms with Gasteiger partial charge in [-0.3, -0.25) is 0 Å². The van der Waals surface area contributed by atoms with Gasteiger partial charge in [0.25, 0.3) is 0 Å². The quantitative estimate of drug-likeness (QED) is 0.598. The summed E-state index contributed by atoms with van der Waals surface area (Å²) in [6.07, 6.45) is 0. The molecule has 0 bridgehead atoms. The van der Waals surface area contributed by atoms with Gasteiger partial charge >= 0.3 is 0 Å². The van der Waals surface area contributed by atoms with Crippen LogP contribution in [0.1, 0.15) is 5.56 Å². The molecule has 0 saturated carbocycles. The van der Waals surface area contributed by atoms with Crippen molar-refractivity contribution in [3.63, 3.8) is 0 Å². The summed E-state index contributed by atoms with van der Waals surface area (Å²) in [5.41, 5.74) is 3.64. The van der Waals surface area contributed by atoms with Crippen molar-refractivity contribution in [2.24, 2.45) is 0 Å². The lowest BCUT2D eigenvalue weighted by molar-refractivity contribution is 1.36. The van der Waals surface area contributed by atoms with Gasteiger partial charge in [0, 0.05) is 9.79 Å². The standard InChI is InChI=1S/C19H15S/c1-15-7-11-18(12-8-15)20-19-13-9-17(10-14-19)16-5-3-2-4-6-16/h2-5,7-14H,1H3. The van der Waals surface area contributed by atoms with Crippen LogP contribution in [-0.4, -0.2) is 0 Å². The first-order chi connectivity index (χ1) is 9.81. The Balaban J connectivity index is 1.78. The topological polar surface area (TPSA) is 0 Å². The molecule has 0 N–H and O–H groups in total. The minimum absolute atomic E-state index is 1.14. The van der Waals surface area contributed by atoms with Gasteiger partial charge in [0.15, 0.2) is 0 Å². The third-order valence-electron chi connectivity index (χ3n) is 3.13. The Morgan fingerprint density at radius 1 is 0.750 bits per heavy atom. The van der Waals surface area contributed by atoms with Crippen LogP contribution in [0, 0.1) is 13.0 Å². The maximum absolute atomic E-state index is 3.25. The number of hydrogen-bond donors (Lipinski definition) is 0. The summed E-state index contributed by atoms with van der Waals surface area (Å²) in [4.78, 5) is 2.53. The molecule has 0 amide bonds. The normalized spacial score (nSPS) is 10.4. The van der Waals surface area contributed by atoms with Gasteiger partial charge in [-0.05, 0) is 48.4 Å². The molecule has 0 spiro atoms. The van der Waals surface area contributed by atoms with Crippen LogP contribution in [0.15, 0.2) is 82.6 Å². The van der Waals surface area contributed by atoms with Crippen molar-refractivity contribution in [3.8, 4) is 11.1 Å². The average molecular weight is 275 g/mol. The Bertz CT molecular complexity index is 667. The molecule has 1 radical (unpaired) electrons. The predicted molar refractivity (Wildman–Crippen MR) is 86.0 cm³/mol. The largest absolute Gasteiger partial charge is 0.0901 e. The highest BCUT2D eigenvalue weighted by atomic mass is 32.2. The molecule has 0 aliphatic heterocycles. The molecular formula is C19H15S. The van der Waals surface area contributed by atoms with E-state index in [-0.39, 0.29) is 0 Å². The minimum atomic E-state index is 1.14. The Morgan fingerprint density at radius 2 is 1.40 bits per heavy atom. The van der Waals surface area contributed by atoms with Gasteiger partial charge in [-0.1, -0.05) is 65.9 Å². The smallest absolute Gasteiger partial charge is 0.0122 e. The zero-order chi connectivity index (χ0) is 13.8. The lowest BCUT2D eigenvalue weighted by Gasteiger charge is -2.04. The van der Waals surface area contributed by atoms with E-state index in [4.69, 9.17) is 0 Å². The van der Waals surface area contributed by atoms with Crippen LogP contribution in [0.25, 0.3) is 11.1 Å². The van der Waals surface area contributed by atoms with Gasteiger partial charge in [0.05, 0.1) is 0 Å². The summed E-state index contributed by atoms with van der Waals surface area (Å²) < 4.78 is 0. The molecule has 3 aromatic carbocycles. The highest BCUT2D eigenvalue weighted by molar-refractivity contribution is 7.99. The van der Waals surface area contributed by atoms with Crippen LogP contribution >= 0.6 is 11.8 Å². The van der Waals surface area contributed by atoms with Crippen LogP contribution in [0.3, 0.4) is 0 Å². The lowest BCUT2D eigenvalue weighted by atomic mass is 10.1. The maximum atomic E-state index is 3.25. The third kappa shape index (κ3) is 3.12. The van der Waals surface area contributed by atoms with E-state index < -0.39 is 0 Å². The maximum Gasteiger partial charge on any atom is 0.0122 e. The number of benzene rings is 3. The second-order valence-corrected chi connectivity index (χ2v) is 5.86. The van der Waals surface area contributed by atoms with Crippen molar-refractivity contribution in [2.45, 2.75) is 16.7 Å². The molecule has 20 heavy (non-hydrogen) atoms. The summed E-state index contributed by atoms with van der Waals surface area (Å²) >= 11 is 1.79. The minimum Gasteiger partial charge on any atom is -0.0901 e. The molecule has 0 atom stereocenters. The van der Waals surface area contributed by atoms with Crippen molar-refractivity contribution in [3.05, 3.63) is 84.4 Å². The number of hydrogen-bond acceptors (Lipinski definition) is 1. The SMILES string of the molecule is Cc1ccc(Sc2ccc(-c3[c]cccc3)cc2)cc1. The van der Waals surface area contributed by atoms with Crippen LogP contribution in [0.5, 0.6) is 0 Å². The van der Waals surface area contributed by atoms with Crippen LogP contribution < -0.4 is 0 Å². The Hall–Kier alpha value is -1.99. The van der Waals surface area contributed by atoms with Gasteiger partial charge in [-0.15, -0.1) is 0 Å². The Kier molecular flexibility index (Phi) is 3.89. The van der Waals surface area contributed by atoms with Crippen molar-refractivity contribution >= 4 is 11.8 Å². The van der Waals surface area contributed by atoms with Crippen molar-refractivity contribution in [2.75, 3.05) is 0 Å². The molecule has 97 valence electrons. The van der Waals surface area contributed by atoms with E-state index in [1.807, 2.05) is 18.2 Å². The van der Waals surface area contributed by atoms with E-state index >= 15 is 0 Å². The van der Waals surface area contributed by atoms with Gasteiger partial charge in [-0.25, -0.2) is 0 Å². The molecule has 0 heterocycles. The first-order valence-corrected chi connectivity index (χ1v) is 7.44. The molecule has 0 aliphatic rings. The van der Waals surface area contributed by atoms with Gasteiger partial charge in [0.1, 0.15) is 0 Å². The van der Waals surface area contributed by atoms with Crippen molar-refractivity contribution < 1.29 is 0 Å². The van der Waals surface area contributed by atoms with E-state index in [1.54, 1.807) is 11.8 Å². The second kappa shape index (κ2) is 5.98. The van der Waals surface area contributed by atoms with Crippen LogP contribution in [0.4, 0.5) is 0 Å². The molecular weight excluding hydrogens is 260 g/mol. The van der Waals surface area contributed by atoms with Gasteiger partial charge in [0.2, 0.25) is 0 Å². The molecule has 3 rings (SSSR count). The lowest BCUT2D eigenvalue weighted by Crippen LogP contribution is -1.78. The molecule has 0 saturated heterocycles. The predicted octanol–water partition coefficient (Wildman–Crippen LogP) is 5.61. The van der Waals surface area contributed by atoms with Crippen molar-refractivity contribution in [1.82, 2.24) is 0 Å². The highest BCUT2D eigenvalue weighted by Gasteiger charge is 2.00. The molecule has 0 fully saturated rings. The summed E-state index contributed by atoms with van der Waals surface area (Å²) in [7, 11) is 0. The first-order valence-electron chi connectivity index (χ1n) is 6.63. The number of rotatable bonds is 3. The third-order valence-corrected chi connectivity index (χ3v) is 4.15. The molecule has 0 aromatic heterocycles. The van der Waals surface area contributed by atoms with Crippen LogP contribution in [-0.2, 0) is 0 Å². The van der Waals surface area contributed by atoms with Gasteiger partial charge < -0.3 is 0 Å². The molecule has 0 aliphatic carbocycles. The van der Waals surface area contributed by atoms with Gasteiger partial charge in [-0.2, -0.15) is 0 Å². The Morgan fingerprint density at radius 3 is 2.00 bits per heavy atom. The van der Waals surface area contributed by atoms with Crippen LogP contribution in [0.2, 0.25) is 0 Å². The number of aryl methyl sites for hydroxylation is 1. The van der Waals surface area contributed by atoms with E-state index in [0.29, 0.717) is 0 Å². The fraction of sp³-hybridized carbons (Fsp3) is 0.0526. The average Bonchev–Trinajstić information content (AvgIpc) is 2.51. The molecule has 1 heteroatoms. The van der Waals surface area contributed by atoms with E-state index in [9.17, 15) is 0 Å². The molecule has 3 aromatic rings. The zero-order valence-electron chi connectivity index (χ0n) is 11.3. The summed E-state index contributed by atoms with van der Waals surface area (Å²) in [6.45, 7) is 2.11. The Labute approximate surface area is 124 Å². The fourth-order valence-corrected chi connectivity index (χ4v) is 2.83. The highest BCUT2D eigenvalue weighted by Crippen LogP contribution is 2.29. The summed E-state index contributed by atoms with van der Waals surface area (Å²) in [5.74, 6) is 0. The van der Waals surface area contributed by atoms with E-state index in [0.717, 1.165) is 5.56 Å². The molecule has 0 nitrogen and oxygen atoms in total. The summed E-state index contributed by atoms with van der Waals surface area (Å²) in [5, 5.41) is 0. The summed E-state index contributed by atoms with van der Waals surface area (Å²) in [6, 6.07) is 28.6. The molecule has 0 unspecified atom stereocenters. The monoisotopic (exact) mass is 275 g/mol. The van der Waals surface area contributed by atoms with E-state index in [1.165, 1.54) is 20.9 Å².